The quantitative estimate of drug-likeness (QED) is 0.480. The van der Waals surface area contributed by atoms with E-state index in [0.29, 0.717) is 0 Å². The van der Waals surface area contributed by atoms with Crippen LogP contribution >= 0.6 is 15.9 Å². The van der Waals surface area contributed by atoms with Crippen LogP contribution in [0.25, 0.3) is 0 Å². The first-order valence-corrected chi connectivity index (χ1v) is 6.40. The lowest BCUT2D eigenvalue weighted by molar-refractivity contribution is -0.384. The number of H-pyrrole nitrogens is 1. The summed E-state index contributed by atoms with van der Waals surface area (Å²) in [6, 6.07) is 1.31. The maximum Gasteiger partial charge on any atom is 0.287 e. The Hall–Kier alpha value is -1.37. The minimum Gasteiger partial charge on any atom is -0.351 e. The van der Waals surface area contributed by atoms with Crippen LogP contribution in [0.5, 0.6) is 0 Å². The minimum absolute atomic E-state index is 0.0734. The van der Waals surface area contributed by atoms with Crippen LogP contribution < -0.4 is 5.32 Å². The molecule has 1 atom stereocenters. The van der Waals surface area contributed by atoms with E-state index in [9.17, 15) is 14.9 Å². The molecule has 0 spiro atoms. The first kappa shape index (κ1) is 13.7. The number of nitrogens with one attached hydrogen (secondary N) is 2. The van der Waals surface area contributed by atoms with Gasteiger partial charge >= 0.3 is 0 Å². The third kappa shape index (κ3) is 3.85. The van der Waals surface area contributed by atoms with Gasteiger partial charge in [-0.2, -0.15) is 0 Å². The van der Waals surface area contributed by atoms with Gasteiger partial charge in [-0.05, 0) is 12.8 Å². The Morgan fingerprint density at radius 2 is 2.41 bits per heavy atom. The van der Waals surface area contributed by atoms with Gasteiger partial charge < -0.3 is 10.3 Å². The SMILES string of the molecule is CCC(CCBr)NC(=O)c1cc([N+](=O)[O-])c[nH]1. The van der Waals surface area contributed by atoms with Crippen molar-refractivity contribution in [2.75, 3.05) is 5.33 Å². The number of carbonyl (C=O) groups is 1. The van der Waals surface area contributed by atoms with Crippen LogP contribution in [0, 0.1) is 10.1 Å². The number of amides is 1. The van der Waals surface area contributed by atoms with Crippen molar-refractivity contribution >= 4 is 27.5 Å². The minimum atomic E-state index is -0.539. The number of alkyl halides is 1. The van der Waals surface area contributed by atoms with Crippen LogP contribution in [0.15, 0.2) is 12.3 Å². The number of aromatic nitrogens is 1. The van der Waals surface area contributed by atoms with Gasteiger partial charge in [0.05, 0.1) is 11.1 Å². The smallest absolute Gasteiger partial charge is 0.287 e. The van der Waals surface area contributed by atoms with Crippen LogP contribution in [0.1, 0.15) is 30.3 Å². The molecule has 0 aliphatic heterocycles. The fourth-order valence-electron chi connectivity index (χ4n) is 1.39. The van der Waals surface area contributed by atoms with Crippen molar-refractivity contribution in [3.8, 4) is 0 Å². The number of carbonyl (C=O) groups excluding carboxylic acids is 1. The number of hydrogen-bond donors (Lipinski definition) is 2. The van der Waals surface area contributed by atoms with Crippen LogP contribution in [-0.4, -0.2) is 27.2 Å². The highest BCUT2D eigenvalue weighted by Gasteiger charge is 2.16. The first-order chi connectivity index (χ1) is 8.08. The van der Waals surface area contributed by atoms with Gasteiger partial charge in [0.1, 0.15) is 5.69 Å². The zero-order chi connectivity index (χ0) is 12.8. The lowest BCUT2D eigenvalue weighted by atomic mass is 10.1. The molecule has 0 aromatic carbocycles. The second-order valence-corrected chi connectivity index (χ2v) is 4.38. The Morgan fingerprint density at radius 3 is 2.88 bits per heavy atom. The Morgan fingerprint density at radius 1 is 1.71 bits per heavy atom. The van der Waals surface area contributed by atoms with Crippen molar-refractivity contribution in [2.24, 2.45) is 0 Å². The second kappa shape index (κ2) is 6.39. The van der Waals surface area contributed by atoms with Crippen LogP contribution in [0.4, 0.5) is 5.69 Å². The summed E-state index contributed by atoms with van der Waals surface area (Å²) in [4.78, 5) is 24.3. The van der Waals surface area contributed by atoms with Crippen LogP contribution in [-0.2, 0) is 0 Å². The van der Waals surface area contributed by atoms with Crippen molar-refractivity contribution in [2.45, 2.75) is 25.8 Å². The molecule has 1 aromatic rings. The summed E-state index contributed by atoms with van der Waals surface area (Å²) in [5, 5.41) is 14.1. The highest BCUT2D eigenvalue weighted by Crippen LogP contribution is 2.12. The lowest BCUT2D eigenvalue weighted by Crippen LogP contribution is -2.34. The highest BCUT2D eigenvalue weighted by molar-refractivity contribution is 9.09. The van der Waals surface area contributed by atoms with E-state index in [1.54, 1.807) is 0 Å². The molecule has 2 N–H and O–H groups in total. The zero-order valence-corrected chi connectivity index (χ0v) is 11.0. The van der Waals surface area contributed by atoms with Crippen molar-refractivity contribution in [3.05, 3.63) is 28.1 Å². The van der Waals surface area contributed by atoms with Crippen LogP contribution in [0.3, 0.4) is 0 Å². The third-order valence-corrected chi connectivity index (χ3v) is 2.87. The normalized spacial score (nSPS) is 12.1. The average Bonchev–Trinajstić information content (AvgIpc) is 2.77. The summed E-state index contributed by atoms with van der Waals surface area (Å²) in [6.07, 6.45) is 2.85. The molecular formula is C10H14BrN3O3. The van der Waals surface area contributed by atoms with Gasteiger partial charge in [-0.1, -0.05) is 22.9 Å². The van der Waals surface area contributed by atoms with Gasteiger partial charge in [-0.15, -0.1) is 0 Å². The number of halogens is 1. The predicted molar refractivity (Wildman–Crippen MR) is 67.4 cm³/mol. The summed E-state index contributed by atoms with van der Waals surface area (Å²) in [6.45, 7) is 1.98. The van der Waals surface area contributed by atoms with E-state index in [2.05, 4.69) is 26.2 Å². The number of aromatic amines is 1. The summed E-state index contributed by atoms with van der Waals surface area (Å²) in [5.74, 6) is -0.314. The third-order valence-electron chi connectivity index (χ3n) is 2.41. The molecular weight excluding hydrogens is 290 g/mol. The lowest BCUT2D eigenvalue weighted by Gasteiger charge is -2.14. The fourth-order valence-corrected chi connectivity index (χ4v) is 1.95. The van der Waals surface area contributed by atoms with Crippen molar-refractivity contribution in [1.29, 1.82) is 0 Å². The molecule has 0 aliphatic carbocycles. The largest absolute Gasteiger partial charge is 0.351 e. The molecule has 17 heavy (non-hydrogen) atoms. The summed E-state index contributed by atoms with van der Waals surface area (Å²) in [7, 11) is 0. The van der Waals surface area contributed by atoms with Crippen molar-refractivity contribution in [3.63, 3.8) is 0 Å². The highest BCUT2D eigenvalue weighted by atomic mass is 79.9. The van der Waals surface area contributed by atoms with E-state index in [-0.39, 0.29) is 23.3 Å². The van der Waals surface area contributed by atoms with E-state index in [1.807, 2.05) is 6.92 Å². The molecule has 1 unspecified atom stereocenters. The Labute approximate surface area is 107 Å². The molecule has 7 heteroatoms. The molecule has 0 fully saturated rings. The van der Waals surface area contributed by atoms with Gasteiger partial charge in [0, 0.05) is 17.4 Å². The Balaban J connectivity index is 2.65. The van der Waals surface area contributed by atoms with E-state index in [0.717, 1.165) is 18.2 Å². The monoisotopic (exact) mass is 303 g/mol. The maximum absolute atomic E-state index is 11.7. The molecule has 1 heterocycles. The number of rotatable bonds is 6. The van der Waals surface area contributed by atoms with Gasteiger partial charge in [0.15, 0.2) is 0 Å². The zero-order valence-electron chi connectivity index (χ0n) is 9.40. The molecule has 0 radical (unpaired) electrons. The van der Waals surface area contributed by atoms with Crippen LogP contribution in [0.2, 0.25) is 0 Å². The van der Waals surface area contributed by atoms with E-state index in [4.69, 9.17) is 0 Å². The number of hydrogen-bond acceptors (Lipinski definition) is 3. The molecule has 0 saturated heterocycles. The van der Waals surface area contributed by atoms with Crippen molar-refractivity contribution < 1.29 is 9.72 Å². The Bertz CT molecular complexity index is 405. The molecule has 1 aromatic heterocycles. The summed E-state index contributed by atoms with van der Waals surface area (Å²) in [5.41, 5.74) is 0.105. The predicted octanol–water partition coefficient (Wildman–Crippen LogP) is 2.22. The van der Waals surface area contributed by atoms with Gasteiger partial charge in [-0.3, -0.25) is 14.9 Å². The van der Waals surface area contributed by atoms with Gasteiger partial charge in [0.25, 0.3) is 11.6 Å². The summed E-state index contributed by atoms with van der Waals surface area (Å²) < 4.78 is 0. The molecule has 94 valence electrons. The Kier molecular flexibility index (Phi) is 5.14. The standard InChI is InChI=1S/C10H14BrN3O3/c1-2-7(3-4-11)13-10(15)9-5-8(6-12-9)14(16)17/h5-7,12H,2-4H2,1H3,(H,13,15). The van der Waals surface area contributed by atoms with E-state index >= 15 is 0 Å². The molecule has 1 amide bonds. The number of nitro groups is 1. The summed E-state index contributed by atoms with van der Waals surface area (Å²) >= 11 is 3.31. The fraction of sp³-hybridized carbons (Fsp3) is 0.500. The van der Waals surface area contributed by atoms with E-state index < -0.39 is 4.92 Å². The number of nitrogens with zero attached hydrogens (tertiary/aromatic N) is 1. The molecule has 6 nitrogen and oxygen atoms in total. The molecule has 0 bridgehead atoms. The van der Waals surface area contributed by atoms with Gasteiger partial charge in [-0.25, -0.2) is 0 Å². The first-order valence-electron chi connectivity index (χ1n) is 5.28. The van der Waals surface area contributed by atoms with Gasteiger partial charge in [0.2, 0.25) is 0 Å². The average molecular weight is 304 g/mol. The molecule has 0 aliphatic rings. The second-order valence-electron chi connectivity index (χ2n) is 3.58. The van der Waals surface area contributed by atoms with Crippen molar-refractivity contribution in [1.82, 2.24) is 10.3 Å². The molecule has 1 rings (SSSR count). The maximum atomic E-state index is 11.7. The van der Waals surface area contributed by atoms with E-state index in [1.165, 1.54) is 12.3 Å². The molecule has 0 saturated carbocycles. The topological polar surface area (TPSA) is 88.0 Å².